The fraction of sp³-hybridized carbons (Fsp3) is 0.273. The lowest BCUT2D eigenvalue weighted by molar-refractivity contribution is 0.392. The molecule has 0 aromatic heterocycles. The van der Waals surface area contributed by atoms with Gasteiger partial charge in [0.2, 0.25) is 0 Å². The Labute approximate surface area is 84.1 Å². The topological polar surface area (TPSA) is 44.5 Å². The van der Waals surface area contributed by atoms with Gasteiger partial charge in [0.15, 0.2) is 0 Å². The van der Waals surface area contributed by atoms with E-state index in [2.05, 4.69) is 0 Å². The molecule has 3 nitrogen and oxygen atoms in total. The molecule has 0 heterocycles. The first-order valence-corrected chi connectivity index (χ1v) is 4.41. The maximum absolute atomic E-state index is 5.39. The molecule has 14 heavy (non-hydrogen) atoms. The van der Waals surface area contributed by atoms with Gasteiger partial charge in [-0.05, 0) is 12.1 Å². The summed E-state index contributed by atoms with van der Waals surface area (Å²) in [4.78, 5) is 0. The van der Waals surface area contributed by atoms with Crippen LogP contribution in [0, 0.1) is 0 Å². The van der Waals surface area contributed by atoms with E-state index in [1.54, 1.807) is 14.2 Å². The van der Waals surface area contributed by atoms with Gasteiger partial charge in [-0.2, -0.15) is 0 Å². The molecule has 0 aliphatic heterocycles. The van der Waals surface area contributed by atoms with Crippen LogP contribution in [-0.2, 0) is 0 Å². The third kappa shape index (κ3) is 2.26. The van der Waals surface area contributed by atoms with Crippen LogP contribution in [0.2, 0.25) is 0 Å². The summed E-state index contributed by atoms with van der Waals surface area (Å²) in [6.07, 6.45) is 3.76. The predicted octanol–water partition coefficient (Wildman–Crippen LogP) is 1.68. The maximum atomic E-state index is 5.39. The summed E-state index contributed by atoms with van der Waals surface area (Å²) in [6.45, 7) is 0.501. The molecule has 0 spiro atoms. The SMILES string of the molecule is COc1cccc(OC)c1/C=C/CN. The van der Waals surface area contributed by atoms with Crippen molar-refractivity contribution >= 4 is 6.08 Å². The Hall–Kier alpha value is -1.48. The van der Waals surface area contributed by atoms with Crippen molar-refractivity contribution in [3.63, 3.8) is 0 Å². The van der Waals surface area contributed by atoms with E-state index in [1.807, 2.05) is 30.4 Å². The van der Waals surface area contributed by atoms with Crippen LogP contribution in [0.3, 0.4) is 0 Å². The summed E-state index contributed by atoms with van der Waals surface area (Å²) in [6, 6.07) is 5.66. The van der Waals surface area contributed by atoms with Crippen LogP contribution in [-0.4, -0.2) is 20.8 Å². The first-order valence-electron chi connectivity index (χ1n) is 4.41. The number of rotatable bonds is 4. The molecule has 0 atom stereocenters. The lowest BCUT2D eigenvalue weighted by Gasteiger charge is -2.09. The quantitative estimate of drug-likeness (QED) is 0.791. The first-order chi connectivity index (χ1) is 6.83. The third-order valence-electron chi connectivity index (χ3n) is 1.89. The van der Waals surface area contributed by atoms with E-state index < -0.39 is 0 Å². The van der Waals surface area contributed by atoms with Crippen LogP contribution in [0.5, 0.6) is 11.5 Å². The Morgan fingerprint density at radius 3 is 2.21 bits per heavy atom. The summed E-state index contributed by atoms with van der Waals surface area (Å²) in [5, 5.41) is 0. The Morgan fingerprint density at radius 2 is 1.79 bits per heavy atom. The number of ether oxygens (including phenoxy) is 2. The zero-order valence-corrected chi connectivity index (χ0v) is 8.49. The van der Waals surface area contributed by atoms with Crippen LogP contribution >= 0.6 is 0 Å². The highest BCUT2D eigenvalue weighted by Crippen LogP contribution is 2.29. The van der Waals surface area contributed by atoms with Crippen molar-refractivity contribution in [2.24, 2.45) is 5.73 Å². The lowest BCUT2D eigenvalue weighted by Crippen LogP contribution is -1.95. The summed E-state index contributed by atoms with van der Waals surface area (Å²) < 4.78 is 10.4. The van der Waals surface area contributed by atoms with Crippen molar-refractivity contribution in [1.29, 1.82) is 0 Å². The summed E-state index contributed by atoms with van der Waals surface area (Å²) in [7, 11) is 3.27. The number of methoxy groups -OCH3 is 2. The summed E-state index contributed by atoms with van der Waals surface area (Å²) in [5.74, 6) is 1.57. The molecule has 0 radical (unpaired) electrons. The molecule has 1 rings (SSSR count). The molecule has 1 aromatic rings. The van der Waals surface area contributed by atoms with E-state index in [-0.39, 0.29) is 0 Å². The molecule has 2 N–H and O–H groups in total. The highest BCUT2D eigenvalue weighted by molar-refractivity contribution is 5.64. The maximum Gasteiger partial charge on any atom is 0.129 e. The third-order valence-corrected chi connectivity index (χ3v) is 1.89. The van der Waals surface area contributed by atoms with Gasteiger partial charge in [0.25, 0.3) is 0 Å². The van der Waals surface area contributed by atoms with Crippen LogP contribution in [0.1, 0.15) is 5.56 Å². The largest absolute Gasteiger partial charge is 0.496 e. The lowest BCUT2D eigenvalue weighted by atomic mass is 10.1. The molecule has 0 saturated carbocycles. The second-order valence-electron chi connectivity index (χ2n) is 2.71. The van der Waals surface area contributed by atoms with Gasteiger partial charge < -0.3 is 15.2 Å². The van der Waals surface area contributed by atoms with Gasteiger partial charge in [-0.3, -0.25) is 0 Å². The van der Waals surface area contributed by atoms with E-state index in [0.717, 1.165) is 17.1 Å². The molecular formula is C11H15NO2. The van der Waals surface area contributed by atoms with Gasteiger partial charge in [-0.1, -0.05) is 18.2 Å². The zero-order valence-electron chi connectivity index (χ0n) is 8.49. The standard InChI is InChI=1S/C11H15NO2/c1-13-10-6-3-7-11(14-2)9(10)5-4-8-12/h3-7H,8,12H2,1-2H3/b5-4+. The van der Waals surface area contributed by atoms with Gasteiger partial charge in [0.1, 0.15) is 11.5 Å². The minimum Gasteiger partial charge on any atom is -0.496 e. The molecule has 76 valence electrons. The Morgan fingerprint density at radius 1 is 1.21 bits per heavy atom. The Bertz CT molecular complexity index is 299. The summed E-state index contributed by atoms with van der Waals surface area (Å²) >= 11 is 0. The molecule has 0 bridgehead atoms. The van der Waals surface area contributed by atoms with E-state index in [9.17, 15) is 0 Å². The molecule has 0 saturated heterocycles. The zero-order chi connectivity index (χ0) is 10.4. The number of hydrogen-bond donors (Lipinski definition) is 1. The number of benzene rings is 1. The number of nitrogens with two attached hydrogens (primary N) is 1. The van der Waals surface area contributed by atoms with Gasteiger partial charge >= 0.3 is 0 Å². The van der Waals surface area contributed by atoms with Crippen molar-refractivity contribution in [2.45, 2.75) is 0 Å². The monoisotopic (exact) mass is 193 g/mol. The molecule has 0 aliphatic rings. The van der Waals surface area contributed by atoms with Crippen molar-refractivity contribution < 1.29 is 9.47 Å². The average Bonchev–Trinajstić information content (AvgIpc) is 2.25. The molecule has 0 aliphatic carbocycles. The van der Waals surface area contributed by atoms with Gasteiger partial charge in [-0.15, -0.1) is 0 Å². The van der Waals surface area contributed by atoms with Gasteiger partial charge in [-0.25, -0.2) is 0 Å². The van der Waals surface area contributed by atoms with Crippen LogP contribution in [0.15, 0.2) is 24.3 Å². The minimum atomic E-state index is 0.501. The molecule has 0 amide bonds. The van der Waals surface area contributed by atoms with E-state index >= 15 is 0 Å². The van der Waals surface area contributed by atoms with Crippen molar-refractivity contribution in [2.75, 3.05) is 20.8 Å². The van der Waals surface area contributed by atoms with E-state index in [0.29, 0.717) is 6.54 Å². The minimum absolute atomic E-state index is 0.501. The van der Waals surface area contributed by atoms with Gasteiger partial charge in [0.05, 0.1) is 19.8 Å². The number of hydrogen-bond acceptors (Lipinski definition) is 3. The van der Waals surface area contributed by atoms with Crippen molar-refractivity contribution in [1.82, 2.24) is 0 Å². The molecule has 3 heteroatoms. The molecule has 0 unspecified atom stereocenters. The van der Waals surface area contributed by atoms with Crippen LogP contribution in [0.4, 0.5) is 0 Å². The normalized spacial score (nSPS) is 10.5. The Kier molecular flexibility index (Phi) is 4.01. The van der Waals surface area contributed by atoms with E-state index in [1.165, 1.54) is 0 Å². The smallest absolute Gasteiger partial charge is 0.129 e. The second-order valence-corrected chi connectivity index (χ2v) is 2.71. The fourth-order valence-corrected chi connectivity index (χ4v) is 1.23. The molecule has 1 aromatic carbocycles. The van der Waals surface area contributed by atoms with Crippen molar-refractivity contribution in [3.8, 4) is 11.5 Å². The predicted molar refractivity (Wildman–Crippen MR) is 57.6 cm³/mol. The Balaban J connectivity index is 3.12. The fourth-order valence-electron chi connectivity index (χ4n) is 1.23. The van der Waals surface area contributed by atoms with Crippen LogP contribution in [0.25, 0.3) is 6.08 Å². The van der Waals surface area contributed by atoms with Crippen LogP contribution < -0.4 is 15.2 Å². The van der Waals surface area contributed by atoms with E-state index in [4.69, 9.17) is 15.2 Å². The second kappa shape index (κ2) is 5.29. The van der Waals surface area contributed by atoms with Gasteiger partial charge in [0, 0.05) is 6.54 Å². The van der Waals surface area contributed by atoms with Crippen molar-refractivity contribution in [3.05, 3.63) is 29.8 Å². The highest BCUT2D eigenvalue weighted by atomic mass is 16.5. The highest BCUT2D eigenvalue weighted by Gasteiger charge is 2.05. The molecule has 0 fully saturated rings. The first kappa shape index (κ1) is 10.6. The average molecular weight is 193 g/mol. The molecular weight excluding hydrogens is 178 g/mol. The summed E-state index contributed by atoms with van der Waals surface area (Å²) in [5.41, 5.74) is 6.31.